The first-order chi connectivity index (χ1) is 13.8. The van der Waals surface area contributed by atoms with Gasteiger partial charge in [0, 0.05) is 38.6 Å². The lowest BCUT2D eigenvalue weighted by molar-refractivity contribution is 0.102. The van der Waals surface area contributed by atoms with Crippen LogP contribution in [0.3, 0.4) is 0 Å². The minimum atomic E-state index is -3.63. The summed E-state index contributed by atoms with van der Waals surface area (Å²) >= 11 is 0. The predicted molar refractivity (Wildman–Crippen MR) is 117 cm³/mol. The number of hydrogen-bond acceptors (Lipinski definition) is 4. The van der Waals surface area contributed by atoms with Gasteiger partial charge in [-0.05, 0) is 61.6 Å². The molecule has 1 saturated heterocycles. The Kier molecular flexibility index (Phi) is 6.59. The van der Waals surface area contributed by atoms with E-state index in [1.165, 1.54) is 32.1 Å². The Balaban J connectivity index is 1.98. The molecule has 29 heavy (non-hydrogen) atoms. The number of benzene rings is 2. The molecule has 0 saturated carbocycles. The molecule has 3 rings (SSSR count). The number of rotatable bonds is 6. The van der Waals surface area contributed by atoms with E-state index in [0.717, 1.165) is 42.3 Å². The van der Waals surface area contributed by atoms with Crippen LogP contribution >= 0.6 is 0 Å². The molecule has 1 amide bonds. The number of anilines is 2. The van der Waals surface area contributed by atoms with Crippen molar-refractivity contribution in [2.24, 2.45) is 0 Å². The van der Waals surface area contributed by atoms with E-state index in [-0.39, 0.29) is 10.8 Å². The average Bonchev–Trinajstić information content (AvgIpc) is 2.74. The molecule has 156 valence electrons. The van der Waals surface area contributed by atoms with Crippen molar-refractivity contribution in [3.8, 4) is 0 Å². The second-order valence-corrected chi connectivity index (χ2v) is 9.67. The lowest BCUT2D eigenvalue weighted by Gasteiger charge is -2.30. The summed E-state index contributed by atoms with van der Waals surface area (Å²) in [6.45, 7) is 3.81. The van der Waals surface area contributed by atoms with Gasteiger partial charge >= 0.3 is 0 Å². The zero-order valence-electron chi connectivity index (χ0n) is 17.3. The van der Waals surface area contributed by atoms with Crippen LogP contribution in [0.1, 0.15) is 42.1 Å². The maximum atomic E-state index is 13.1. The van der Waals surface area contributed by atoms with Crippen molar-refractivity contribution in [2.45, 2.75) is 37.5 Å². The number of sulfonamides is 1. The fourth-order valence-corrected chi connectivity index (χ4v) is 4.43. The number of piperidine rings is 1. The summed E-state index contributed by atoms with van der Waals surface area (Å²) in [7, 11) is -0.649. The maximum Gasteiger partial charge on any atom is 0.257 e. The minimum Gasteiger partial charge on any atom is -0.371 e. The number of amides is 1. The van der Waals surface area contributed by atoms with Gasteiger partial charge in [-0.3, -0.25) is 4.79 Å². The predicted octanol–water partition coefficient (Wildman–Crippen LogP) is 3.74. The number of carbonyl (C=O) groups excluding carboxylic acids is 1. The zero-order valence-corrected chi connectivity index (χ0v) is 18.1. The summed E-state index contributed by atoms with van der Waals surface area (Å²) in [6.07, 6.45) is 4.24. The van der Waals surface area contributed by atoms with Crippen LogP contribution in [0.15, 0.2) is 47.4 Å². The summed E-state index contributed by atoms with van der Waals surface area (Å²) in [6, 6.07) is 12.6. The van der Waals surface area contributed by atoms with Crippen molar-refractivity contribution in [3.63, 3.8) is 0 Å². The molecule has 0 unspecified atom stereocenters. The summed E-state index contributed by atoms with van der Waals surface area (Å²) in [5.41, 5.74) is 3.05. The van der Waals surface area contributed by atoms with Crippen LogP contribution in [-0.4, -0.2) is 45.8 Å². The van der Waals surface area contributed by atoms with Gasteiger partial charge < -0.3 is 10.2 Å². The van der Waals surface area contributed by atoms with Crippen molar-refractivity contribution < 1.29 is 13.2 Å². The van der Waals surface area contributed by atoms with Crippen molar-refractivity contribution >= 4 is 27.3 Å². The Labute approximate surface area is 173 Å². The Bertz CT molecular complexity index is 963. The van der Waals surface area contributed by atoms with E-state index in [9.17, 15) is 13.2 Å². The lowest BCUT2D eigenvalue weighted by atomic mass is 10.1. The normalized spacial score (nSPS) is 14.8. The molecule has 1 N–H and O–H groups in total. The maximum absolute atomic E-state index is 13.1. The van der Waals surface area contributed by atoms with Gasteiger partial charge in [0.15, 0.2) is 0 Å². The molecular weight excluding hydrogens is 386 g/mol. The molecule has 0 aromatic heterocycles. The van der Waals surface area contributed by atoms with Crippen molar-refractivity contribution in [1.82, 2.24) is 4.31 Å². The molecule has 7 heteroatoms. The van der Waals surface area contributed by atoms with Crippen molar-refractivity contribution in [3.05, 3.63) is 53.6 Å². The van der Waals surface area contributed by atoms with Gasteiger partial charge in [0.05, 0.1) is 10.5 Å². The third-order valence-corrected chi connectivity index (χ3v) is 7.12. The quantitative estimate of drug-likeness (QED) is 0.780. The minimum absolute atomic E-state index is 0.120. The molecule has 2 aromatic rings. The molecule has 6 nitrogen and oxygen atoms in total. The molecule has 2 aromatic carbocycles. The average molecular weight is 416 g/mol. The van der Waals surface area contributed by atoms with Crippen LogP contribution in [0, 0.1) is 0 Å². The Hall–Kier alpha value is -2.38. The Morgan fingerprint density at radius 2 is 1.69 bits per heavy atom. The van der Waals surface area contributed by atoms with Crippen LogP contribution < -0.4 is 10.2 Å². The van der Waals surface area contributed by atoms with Crippen LogP contribution in [0.2, 0.25) is 0 Å². The van der Waals surface area contributed by atoms with E-state index in [1.54, 1.807) is 12.1 Å². The largest absolute Gasteiger partial charge is 0.371 e. The number of hydrogen-bond donors (Lipinski definition) is 1. The number of nitrogens with zero attached hydrogens (tertiary/aromatic N) is 2. The fraction of sp³-hybridized carbons (Fsp3) is 0.409. The highest BCUT2D eigenvalue weighted by Gasteiger charge is 2.24. The Morgan fingerprint density at radius 1 is 1.03 bits per heavy atom. The van der Waals surface area contributed by atoms with Crippen molar-refractivity contribution in [2.75, 3.05) is 37.4 Å². The monoisotopic (exact) mass is 415 g/mol. The zero-order chi connectivity index (χ0) is 21.0. The molecule has 0 radical (unpaired) electrons. The molecule has 0 aliphatic carbocycles. The van der Waals surface area contributed by atoms with Gasteiger partial charge in [0.25, 0.3) is 5.91 Å². The second-order valence-electron chi connectivity index (χ2n) is 7.52. The number of nitrogens with one attached hydrogen (secondary N) is 1. The molecule has 1 aliphatic heterocycles. The van der Waals surface area contributed by atoms with Gasteiger partial charge in [-0.1, -0.05) is 19.1 Å². The summed E-state index contributed by atoms with van der Waals surface area (Å²) in [5.74, 6) is -0.300. The van der Waals surface area contributed by atoms with Gasteiger partial charge in [0.1, 0.15) is 0 Å². The van der Waals surface area contributed by atoms with E-state index in [1.807, 2.05) is 24.3 Å². The molecule has 0 atom stereocenters. The van der Waals surface area contributed by atoms with E-state index >= 15 is 0 Å². The highest BCUT2D eigenvalue weighted by Crippen LogP contribution is 2.28. The summed E-state index contributed by atoms with van der Waals surface area (Å²) in [5, 5.41) is 2.92. The van der Waals surface area contributed by atoms with Crippen LogP contribution in [-0.2, 0) is 16.4 Å². The SMILES string of the molecule is CCc1ccc(NC(=O)c2cc(S(=O)(=O)N(C)C)ccc2N2CCCCC2)cc1. The summed E-state index contributed by atoms with van der Waals surface area (Å²) in [4.78, 5) is 15.4. The first kappa shape index (κ1) is 21.3. The van der Waals surface area contributed by atoms with E-state index < -0.39 is 10.0 Å². The molecule has 1 heterocycles. The van der Waals surface area contributed by atoms with Gasteiger partial charge in [-0.15, -0.1) is 0 Å². The second kappa shape index (κ2) is 8.97. The first-order valence-corrected chi connectivity index (χ1v) is 11.5. The van der Waals surface area contributed by atoms with Gasteiger partial charge in [0.2, 0.25) is 10.0 Å². The van der Waals surface area contributed by atoms with E-state index in [4.69, 9.17) is 0 Å². The molecular formula is C22H29N3O3S. The van der Waals surface area contributed by atoms with Crippen LogP contribution in [0.25, 0.3) is 0 Å². The van der Waals surface area contributed by atoms with Crippen LogP contribution in [0.4, 0.5) is 11.4 Å². The summed E-state index contributed by atoms with van der Waals surface area (Å²) < 4.78 is 26.4. The highest BCUT2D eigenvalue weighted by molar-refractivity contribution is 7.89. The van der Waals surface area contributed by atoms with Gasteiger partial charge in [-0.25, -0.2) is 12.7 Å². The number of aryl methyl sites for hydroxylation is 1. The number of carbonyl (C=O) groups is 1. The van der Waals surface area contributed by atoms with Crippen LogP contribution in [0.5, 0.6) is 0 Å². The highest BCUT2D eigenvalue weighted by atomic mass is 32.2. The van der Waals surface area contributed by atoms with E-state index in [2.05, 4.69) is 17.1 Å². The van der Waals surface area contributed by atoms with Crippen molar-refractivity contribution in [1.29, 1.82) is 0 Å². The molecule has 0 spiro atoms. The smallest absolute Gasteiger partial charge is 0.257 e. The molecule has 1 fully saturated rings. The Morgan fingerprint density at radius 3 is 2.28 bits per heavy atom. The third kappa shape index (κ3) is 4.79. The standard InChI is InChI=1S/C22H29N3O3S/c1-4-17-8-10-18(11-9-17)23-22(26)20-16-19(29(27,28)24(2)3)12-13-21(20)25-14-6-5-7-15-25/h8-13,16H,4-7,14-15H2,1-3H3,(H,23,26). The van der Waals surface area contributed by atoms with Gasteiger partial charge in [-0.2, -0.15) is 0 Å². The van der Waals surface area contributed by atoms with E-state index in [0.29, 0.717) is 11.3 Å². The topological polar surface area (TPSA) is 69.7 Å². The molecule has 1 aliphatic rings. The molecule has 0 bridgehead atoms. The lowest BCUT2D eigenvalue weighted by Crippen LogP contribution is -2.32. The first-order valence-electron chi connectivity index (χ1n) is 10.0. The third-order valence-electron chi connectivity index (χ3n) is 5.31. The fourth-order valence-electron chi connectivity index (χ4n) is 3.50.